The van der Waals surface area contributed by atoms with E-state index < -0.39 is 0 Å². The van der Waals surface area contributed by atoms with Crippen molar-refractivity contribution in [1.82, 2.24) is 9.97 Å². The third-order valence-corrected chi connectivity index (χ3v) is 11.6. The average molecular weight is 732 g/mol. The van der Waals surface area contributed by atoms with Crippen molar-refractivity contribution in [3.63, 3.8) is 0 Å². The summed E-state index contributed by atoms with van der Waals surface area (Å²) in [5, 5.41) is 4.37. The minimum atomic E-state index is -0.150. The molecule has 1 aliphatic carbocycles. The number of hydrogen-bond donors (Lipinski definition) is 0. The maximum atomic E-state index is 6.89. The number of fused-ring (bicyclic) bond motifs is 7. The van der Waals surface area contributed by atoms with Crippen LogP contribution in [0.4, 0.5) is 17.1 Å². The van der Waals surface area contributed by atoms with Gasteiger partial charge in [-0.2, -0.15) is 0 Å². The summed E-state index contributed by atoms with van der Waals surface area (Å²) in [6.45, 7) is 4.67. The van der Waals surface area contributed by atoms with Gasteiger partial charge in [-0.25, -0.2) is 9.97 Å². The average Bonchev–Trinajstić information content (AvgIpc) is 3.74. The van der Waals surface area contributed by atoms with Crippen molar-refractivity contribution in [3.05, 3.63) is 199 Å². The predicted molar refractivity (Wildman–Crippen MR) is 235 cm³/mol. The summed E-state index contributed by atoms with van der Waals surface area (Å²) in [5.41, 5.74) is 14.5. The summed E-state index contributed by atoms with van der Waals surface area (Å²) in [6, 6.07) is 66.5. The Balaban J connectivity index is 1.20. The molecule has 10 aromatic rings. The SMILES string of the molecule is CC1(C)c2ccccc2-c2ccc(N(c3ccccc3)c3cc(-c4cc(-c5ccccc5)nc(-c5ccccc5)n4)c4c(c3)oc3cc5ccccc5cc34)cc21. The van der Waals surface area contributed by atoms with Crippen LogP contribution in [-0.4, -0.2) is 9.97 Å². The van der Waals surface area contributed by atoms with Gasteiger partial charge in [-0.1, -0.05) is 147 Å². The van der Waals surface area contributed by atoms with Gasteiger partial charge in [-0.15, -0.1) is 0 Å². The van der Waals surface area contributed by atoms with E-state index in [0.717, 1.165) is 77.9 Å². The maximum Gasteiger partial charge on any atom is 0.160 e. The van der Waals surface area contributed by atoms with Crippen molar-refractivity contribution < 1.29 is 4.42 Å². The van der Waals surface area contributed by atoms with Crippen LogP contribution in [0.15, 0.2) is 192 Å². The molecular formula is C53H37N3O. The molecular weight excluding hydrogens is 695 g/mol. The normalized spacial score (nSPS) is 12.9. The molecule has 0 unspecified atom stereocenters. The molecule has 4 heteroatoms. The first-order valence-corrected chi connectivity index (χ1v) is 19.5. The van der Waals surface area contributed by atoms with Crippen molar-refractivity contribution in [1.29, 1.82) is 0 Å². The zero-order valence-corrected chi connectivity index (χ0v) is 31.6. The van der Waals surface area contributed by atoms with Crippen molar-refractivity contribution in [2.24, 2.45) is 0 Å². The van der Waals surface area contributed by atoms with E-state index in [1.165, 1.54) is 22.3 Å². The van der Waals surface area contributed by atoms with Crippen LogP contribution in [0.25, 0.3) is 77.7 Å². The molecule has 4 nitrogen and oxygen atoms in total. The van der Waals surface area contributed by atoms with E-state index in [1.807, 2.05) is 24.3 Å². The highest BCUT2D eigenvalue weighted by Gasteiger charge is 2.36. The summed E-state index contributed by atoms with van der Waals surface area (Å²) in [5.74, 6) is 0.670. The van der Waals surface area contributed by atoms with E-state index in [9.17, 15) is 0 Å². The molecule has 0 fully saturated rings. The predicted octanol–water partition coefficient (Wildman–Crippen LogP) is 14.3. The molecule has 8 aromatic carbocycles. The number of benzene rings is 8. The fourth-order valence-corrected chi connectivity index (χ4v) is 8.82. The summed E-state index contributed by atoms with van der Waals surface area (Å²) in [6.07, 6.45) is 0. The molecule has 1 aliphatic rings. The Kier molecular flexibility index (Phi) is 7.48. The number of rotatable bonds is 6. The second kappa shape index (κ2) is 12.9. The summed E-state index contributed by atoms with van der Waals surface area (Å²) < 4.78 is 6.89. The lowest BCUT2D eigenvalue weighted by Crippen LogP contribution is -2.16. The minimum Gasteiger partial charge on any atom is -0.456 e. The molecule has 0 spiro atoms. The van der Waals surface area contributed by atoms with Crippen LogP contribution < -0.4 is 4.90 Å². The molecule has 0 amide bonds. The van der Waals surface area contributed by atoms with Crippen LogP contribution in [0, 0.1) is 0 Å². The summed E-state index contributed by atoms with van der Waals surface area (Å²) in [4.78, 5) is 12.9. The highest BCUT2D eigenvalue weighted by atomic mass is 16.3. The Labute approximate surface area is 331 Å². The molecule has 0 atom stereocenters. The molecule has 57 heavy (non-hydrogen) atoms. The van der Waals surface area contributed by atoms with Gasteiger partial charge in [0.15, 0.2) is 5.82 Å². The Morgan fingerprint density at radius 3 is 1.84 bits per heavy atom. The summed E-state index contributed by atoms with van der Waals surface area (Å²) in [7, 11) is 0. The number of hydrogen-bond acceptors (Lipinski definition) is 4. The third kappa shape index (κ3) is 5.44. The Morgan fingerprint density at radius 1 is 0.439 bits per heavy atom. The fraction of sp³-hybridized carbons (Fsp3) is 0.0566. The van der Waals surface area contributed by atoms with Crippen LogP contribution in [0.1, 0.15) is 25.0 Å². The van der Waals surface area contributed by atoms with Crippen LogP contribution in [0.2, 0.25) is 0 Å². The first kappa shape index (κ1) is 33.1. The quantitative estimate of drug-likeness (QED) is 0.171. The van der Waals surface area contributed by atoms with Gasteiger partial charge in [0, 0.05) is 50.3 Å². The lowest BCUT2D eigenvalue weighted by Gasteiger charge is -2.28. The van der Waals surface area contributed by atoms with Gasteiger partial charge in [0.25, 0.3) is 0 Å². The zero-order valence-electron chi connectivity index (χ0n) is 31.6. The molecule has 2 heterocycles. The Bertz CT molecular complexity index is 3090. The Morgan fingerprint density at radius 2 is 1.07 bits per heavy atom. The Hall–Kier alpha value is -7.30. The standard InChI is InChI=1S/C53H37N3O/c1-53(2)45-25-15-14-24-41(45)42-27-26-39(31-46(42)53)56(38-22-10-5-11-23-38)40-30-43(51-44-28-36-20-12-13-21-37(36)29-49(44)57-50(51)32-40)48-33-47(34-16-6-3-7-17-34)54-52(55-48)35-18-8-4-9-19-35/h3-33H,1-2H3. The largest absolute Gasteiger partial charge is 0.456 e. The number of nitrogens with zero attached hydrogens (tertiary/aromatic N) is 3. The number of para-hydroxylation sites is 1. The molecule has 0 saturated carbocycles. The van der Waals surface area contributed by atoms with E-state index >= 15 is 0 Å². The number of anilines is 3. The van der Waals surface area contributed by atoms with Crippen molar-refractivity contribution in [2.75, 3.05) is 4.90 Å². The topological polar surface area (TPSA) is 42.2 Å². The lowest BCUT2D eigenvalue weighted by molar-refractivity contribution is 0.660. The van der Waals surface area contributed by atoms with E-state index in [-0.39, 0.29) is 5.41 Å². The molecule has 0 aliphatic heterocycles. The smallest absolute Gasteiger partial charge is 0.160 e. The van der Waals surface area contributed by atoms with Gasteiger partial charge < -0.3 is 9.32 Å². The molecule has 11 rings (SSSR count). The molecule has 0 bridgehead atoms. The van der Waals surface area contributed by atoms with Gasteiger partial charge in [-0.05, 0) is 81.6 Å². The van der Waals surface area contributed by atoms with Gasteiger partial charge in [0.2, 0.25) is 0 Å². The molecule has 0 saturated heterocycles. The lowest BCUT2D eigenvalue weighted by atomic mass is 9.82. The van der Waals surface area contributed by atoms with Crippen LogP contribution in [-0.2, 0) is 5.41 Å². The second-order valence-electron chi connectivity index (χ2n) is 15.4. The van der Waals surface area contributed by atoms with E-state index in [1.54, 1.807) is 0 Å². The number of furan rings is 1. The molecule has 2 aromatic heterocycles. The first-order valence-electron chi connectivity index (χ1n) is 19.5. The highest BCUT2D eigenvalue weighted by Crippen LogP contribution is 2.51. The number of aromatic nitrogens is 2. The van der Waals surface area contributed by atoms with Gasteiger partial charge in [0.05, 0.1) is 17.1 Å². The maximum absolute atomic E-state index is 6.89. The van der Waals surface area contributed by atoms with Crippen LogP contribution in [0.5, 0.6) is 0 Å². The van der Waals surface area contributed by atoms with Crippen molar-refractivity contribution in [2.45, 2.75) is 19.3 Å². The highest BCUT2D eigenvalue weighted by molar-refractivity contribution is 6.16. The van der Waals surface area contributed by atoms with Gasteiger partial charge >= 0.3 is 0 Å². The van der Waals surface area contributed by atoms with Crippen LogP contribution >= 0.6 is 0 Å². The second-order valence-corrected chi connectivity index (χ2v) is 15.4. The van der Waals surface area contributed by atoms with E-state index in [0.29, 0.717) is 5.82 Å². The minimum absolute atomic E-state index is 0.150. The fourth-order valence-electron chi connectivity index (χ4n) is 8.82. The van der Waals surface area contributed by atoms with Crippen molar-refractivity contribution in [3.8, 4) is 45.0 Å². The summed E-state index contributed by atoms with van der Waals surface area (Å²) >= 11 is 0. The molecule has 0 N–H and O–H groups in total. The first-order chi connectivity index (χ1) is 28.0. The van der Waals surface area contributed by atoms with E-state index in [4.69, 9.17) is 14.4 Å². The monoisotopic (exact) mass is 731 g/mol. The molecule has 270 valence electrons. The van der Waals surface area contributed by atoms with Gasteiger partial charge in [0.1, 0.15) is 11.2 Å². The third-order valence-electron chi connectivity index (χ3n) is 11.6. The van der Waals surface area contributed by atoms with E-state index in [2.05, 4.69) is 183 Å². The van der Waals surface area contributed by atoms with Crippen LogP contribution in [0.3, 0.4) is 0 Å². The van der Waals surface area contributed by atoms with Gasteiger partial charge in [-0.3, -0.25) is 0 Å². The zero-order chi connectivity index (χ0) is 38.1. The van der Waals surface area contributed by atoms with Crippen molar-refractivity contribution >= 4 is 49.8 Å². The molecule has 0 radical (unpaired) electrons.